The fourth-order valence-electron chi connectivity index (χ4n) is 1.95. The Morgan fingerprint density at radius 1 is 1.40 bits per heavy atom. The predicted molar refractivity (Wildman–Crippen MR) is 84.8 cm³/mol. The van der Waals surface area contributed by atoms with E-state index in [1.54, 1.807) is 18.4 Å². The van der Waals surface area contributed by atoms with E-state index >= 15 is 0 Å². The van der Waals surface area contributed by atoms with Crippen LogP contribution in [-0.4, -0.2) is 44.4 Å². The third-order valence-electron chi connectivity index (χ3n) is 3.13. The maximum absolute atomic E-state index is 8.91. The Balaban J connectivity index is 2.53. The van der Waals surface area contributed by atoms with E-state index in [0.29, 0.717) is 5.88 Å². The maximum Gasteiger partial charge on any atom is 0.230 e. The molecule has 5 nitrogen and oxygen atoms in total. The molecule has 116 valence electrons. The number of hydrogen-bond acceptors (Lipinski definition) is 6. The Morgan fingerprint density at radius 3 is 2.65 bits per heavy atom. The van der Waals surface area contributed by atoms with Crippen molar-refractivity contribution in [3.8, 4) is 5.88 Å². The molecule has 20 heavy (non-hydrogen) atoms. The van der Waals surface area contributed by atoms with E-state index in [9.17, 15) is 0 Å². The van der Waals surface area contributed by atoms with Crippen LogP contribution in [0.25, 0.3) is 0 Å². The van der Waals surface area contributed by atoms with Gasteiger partial charge in [0.05, 0.1) is 12.0 Å². The van der Waals surface area contributed by atoms with Crippen LogP contribution < -0.4 is 15.0 Å². The lowest BCUT2D eigenvalue weighted by Gasteiger charge is -2.24. The highest BCUT2D eigenvalue weighted by Gasteiger charge is 2.18. The predicted octanol–water partition coefficient (Wildman–Crippen LogP) is 2.11. The van der Waals surface area contributed by atoms with Crippen molar-refractivity contribution in [2.45, 2.75) is 33.2 Å². The van der Waals surface area contributed by atoms with Crippen molar-refractivity contribution >= 4 is 16.5 Å². The van der Waals surface area contributed by atoms with Crippen molar-refractivity contribution in [2.75, 3.05) is 39.3 Å². The third-order valence-corrected chi connectivity index (χ3v) is 4.33. The standard InChI is InChI=1S/C14H27N3O2S/c1-14(2,7-6-8-18)10-15-9-11-12(19-5)16-13(20-11)17(3)4/h15,18H,6-10H2,1-5H3. The minimum Gasteiger partial charge on any atom is -0.480 e. The van der Waals surface area contributed by atoms with Crippen molar-refractivity contribution in [2.24, 2.45) is 5.41 Å². The zero-order valence-electron chi connectivity index (χ0n) is 13.2. The lowest BCUT2D eigenvalue weighted by atomic mass is 9.88. The molecule has 0 aliphatic carbocycles. The molecule has 2 N–H and O–H groups in total. The number of aliphatic hydroxyl groups excluding tert-OH is 1. The second kappa shape index (κ2) is 7.81. The number of nitrogens with one attached hydrogen (secondary N) is 1. The summed E-state index contributed by atoms with van der Waals surface area (Å²) in [5.41, 5.74) is 0.186. The molecule has 0 aliphatic heterocycles. The van der Waals surface area contributed by atoms with E-state index in [0.717, 1.165) is 35.9 Å². The van der Waals surface area contributed by atoms with Gasteiger partial charge in [0.15, 0.2) is 5.13 Å². The van der Waals surface area contributed by atoms with Crippen LogP contribution in [0.5, 0.6) is 5.88 Å². The Bertz CT molecular complexity index is 405. The molecule has 1 rings (SSSR count). The molecule has 0 spiro atoms. The quantitative estimate of drug-likeness (QED) is 0.731. The van der Waals surface area contributed by atoms with Crippen LogP contribution in [0.1, 0.15) is 31.6 Å². The molecule has 1 aromatic heterocycles. The van der Waals surface area contributed by atoms with Gasteiger partial charge in [-0.3, -0.25) is 0 Å². The van der Waals surface area contributed by atoms with E-state index in [1.165, 1.54) is 0 Å². The number of hydrogen-bond donors (Lipinski definition) is 2. The Labute approximate surface area is 126 Å². The minimum atomic E-state index is 0.186. The first-order chi connectivity index (χ1) is 9.39. The molecule has 0 bridgehead atoms. The fraction of sp³-hybridized carbons (Fsp3) is 0.786. The normalized spacial score (nSPS) is 11.7. The van der Waals surface area contributed by atoms with Crippen molar-refractivity contribution in [1.29, 1.82) is 0 Å². The molecular formula is C14H27N3O2S. The summed E-state index contributed by atoms with van der Waals surface area (Å²) in [6.45, 7) is 6.36. The van der Waals surface area contributed by atoms with Gasteiger partial charge in [-0.05, 0) is 18.3 Å². The number of nitrogens with zero attached hydrogens (tertiary/aromatic N) is 2. The highest BCUT2D eigenvalue weighted by atomic mass is 32.1. The summed E-state index contributed by atoms with van der Waals surface area (Å²) in [4.78, 5) is 7.55. The molecule has 0 atom stereocenters. The largest absolute Gasteiger partial charge is 0.480 e. The zero-order chi connectivity index (χ0) is 15.2. The van der Waals surface area contributed by atoms with Crippen molar-refractivity contribution in [1.82, 2.24) is 10.3 Å². The molecule has 0 aliphatic rings. The molecule has 0 saturated heterocycles. The first-order valence-corrected chi connectivity index (χ1v) is 7.74. The number of anilines is 1. The summed E-state index contributed by atoms with van der Waals surface area (Å²) in [6, 6.07) is 0. The lowest BCUT2D eigenvalue weighted by molar-refractivity contribution is 0.236. The Kier molecular flexibility index (Phi) is 6.71. The van der Waals surface area contributed by atoms with Gasteiger partial charge in [-0.2, -0.15) is 4.98 Å². The van der Waals surface area contributed by atoms with Crippen LogP contribution in [0.2, 0.25) is 0 Å². The average Bonchev–Trinajstić information content (AvgIpc) is 2.80. The molecule has 0 amide bonds. The van der Waals surface area contributed by atoms with Crippen molar-refractivity contribution < 1.29 is 9.84 Å². The van der Waals surface area contributed by atoms with Crippen LogP contribution in [0.3, 0.4) is 0 Å². The number of aromatic nitrogens is 1. The Morgan fingerprint density at radius 2 is 2.10 bits per heavy atom. The summed E-state index contributed by atoms with van der Waals surface area (Å²) in [5.74, 6) is 0.708. The monoisotopic (exact) mass is 301 g/mol. The van der Waals surface area contributed by atoms with Gasteiger partial charge in [-0.1, -0.05) is 25.2 Å². The lowest BCUT2D eigenvalue weighted by Crippen LogP contribution is -2.29. The molecule has 0 radical (unpaired) electrons. The SMILES string of the molecule is COc1nc(N(C)C)sc1CNCC(C)(C)CCCO. The first kappa shape index (κ1) is 17.2. The molecule has 6 heteroatoms. The van der Waals surface area contributed by atoms with Gasteiger partial charge in [0.25, 0.3) is 0 Å². The molecular weight excluding hydrogens is 274 g/mol. The van der Waals surface area contributed by atoms with Crippen LogP contribution in [-0.2, 0) is 6.54 Å². The van der Waals surface area contributed by atoms with Gasteiger partial charge in [0.1, 0.15) is 0 Å². The van der Waals surface area contributed by atoms with Gasteiger partial charge in [0, 0.05) is 33.8 Å². The highest BCUT2D eigenvalue weighted by molar-refractivity contribution is 7.15. The molecule has 1 heterocycles. The fourth-order valence-corrected chi connectivity index (χ4v) is 2.87. The molecule has 0 unspecified atom stereocenters. The summed E-state index contributed by atoms with van der Waals surface area (Å²) in [7, 11) is 5.62. The molecule has 0 fully saturated rings. The van der Waals surface area contributed by atoms with Crippen LogP contribution in [0.4, 0.5) is 5.13 Å². The van der Waals surface area contributed by atoms with Crippen LogP contribution in [0.15, 0.2) is 0 Å². The van der Waals surface area contributed by atoms with E-state index in [-0.39, 0.29) is 12.0 Å². The molecule has 0 aromatic carbocycles. The maximum atomic E-state index is 8.91. The second-order valence-corrected chi connectivity index (χ2v) is 6.98. The minimum absolute atomic E-state index is 0.186. The average molecular weight is 301 g/mol. The number of thiazole rings is 1. The van der Waals surface area contributed by atoms with Gasteiger partial charge in [-0.15, -0.1) is 0 Å². The second-order valence-electron chi connectivity index (χ2n) is 5.92. The molecule has 0 saturated carbocycles. The number of aliphatic hydroxyl groups is 1. The summed E-state index contributed by atoms with van der Waals surface area (Å²) in [6.07, 6.45) is 1.86. The van der Waals surface area contributed by atoms with Gasteiger partial charge >= 0.3 is 0 Å². The molecule has 1 aromatic rings. The number of rotatable bonds is 9. The van der Waals surface area contributed by atoms with Crippen LogP contribution in [0, 0.1) is 5.41 Å². The zero-order valence-corrected chi connectivity index (χ0v) is 14.0. The van der Waals surface area contributed by atoms with Crippen molar-refractivity contribution in [3.63, 3.8) is 0 Å². The highest BCUT2D eigenvalue weighted by Crippen LogP contribution is 2.30. The summed E-state index contributed by atoms with van der Waals surface area (Å²) in [5, 5.41) is 13.3. The van der Waals surface area contributed by atoms with Gasteiger partial charge in [0.2, 0.25) is 5.88 Å². The Hall–Kier alpha value is -0.850. The summed E-state index contributed by atoms with van der Waals surface area (Å²) >= 11 is 1.65. The van der Waals surface area contributed by atoms with E-state index in [4.69, 9.17) is 9.84 Å². The first-order valence-electron chi connectivity index (χ1n) is 6.92. The number of ether oxygens (including phenoxy) is 1. The van der Waals surface area contributed by atoms with E-state index in [1.807, 2.05) is 19.0 Å². The van der Waals surface area contributed by atoms with Gasteiger partial charge in [-0.25, -0.2) is 0 Å². The van der Waals surface area contributed by atoms with Crippen LogP contribution >= 0.6 is 11.3 Å². The third kappa shape index (κ3) is 5.26. The van der Waals surface area contributed by atoms with E-state index < -0.39 is 0 Å². The topological polar surface area (TPSA) is 57.6 Å². The van der Waals surface area contributed by atoms with E-state index in [2.05, 4.69) is 24.1 Å². The number of methoxy groups -OCH3 is 1. The summed E-state index contributed by atoms with van der Waals surface area (Å²) < 4.78 is 5.32. The smallest absolute Gasteiger partial charge is 0.230 e. The van der Waals surface area contributed by atoms with Crippen molar-refractivity contribution in [3.05, 3.63) is 4.88 Å². The van der Waals surface area contributed by atoms with Gasteiger partial charge < -0.3 is 20.1 Å².